The van der Waals surface area contributed by atoms with Crippen molar-refractivity contribution >= 4 is 22.4 Å². The van der Waals surface area contributed by atoms with Gasteiger partial charge in [0.1, 0.15) is 0 Å². The van der Waals surface area contributed by atoms with Gasteiger partial charge in [-0.05, 0) is 26.2 Å². The number of ether oxygens (including phenoxy) is 1. The highest BCUT2D eigenvalue weighted by Crippen LogP contribution is 2.18. The molecule has 0 spiro atoms. The molecule has 0 radical (unpaired) electrons. The smallest absolute Gasteiger partial charge is 0.191 e. The summed E-state index contributed by atoms with van der Waals surface area (Å²) in [6.07, 6.45) is 3.42. The number of anilines is 1. The highest BCUT2D eigenvalue weighted by atomic mass is 32.1. The molecule has 26 heavy (non-hydrogen) atoms. The normalized spacial score (nSPS) is 16.7. The van der Waals surface area contributed by atoms with E-state index in [1.165, 1.54) is 0 Å². The average molecular weight is 383 g/mol. The molecule has 1 aromatic rings. The lowest BCUT2D eigenvalue weighted by molar-refractivity contribution is 0.155. The van der Waals surface area contributed by atoms with Crippen molar-refractivity contribution in [1.82, 2.24) is 20.5 Å². The van der Waals surface area contributed by atoms with Crippen LogP contribution in [0.3, 0.4) is 0 Å². The topological polar surface area (TPSA) is 65.0 Å². The van der Waals surface area contributed by atoms with Gasteiger partial charge in [0.15, 0.2) is 11.1 Å². The van der Waals surface area contributed by atoms with E-state index in [0.29, 0.717) is 12.6 Å². The number of nitrogens with one attached hydrogen (secondary N) is 2. The number of aliphatic imine (C=N–C) groups is 1. The van der Waals surface area contributed by atoms with Crippen molar-refractivity contribution in [2.45, 2.75) is 38.8 Å². The summed E-state index contributed by atoms with van der Waals surface area (Å²) in [6.45, 7) is 7.83. The lowest BCUT2D eigenvalue weighted by atomic mass is 10.1. The van der Waals surface area contributed by atoms with E-state index < -0.39 is 0 Å². The number of nitrogens with zero attached hydrogens (tertiary/aromatic N) is 4. The Morgan fingerprint density at radius 1 is 1.42 bits per heavy atom. The maximum atomic E-state index is 5.14. The van der Waals surface area contributed by atoms with Crippen LogP contribution in [0.1, 0.15) is 31.9 Å². The van der Waals surface area contributed by atoms with Crippen LogP contribution in [0.5, 0.6) is 0 Å². The Labute approximate surface area is 161 Å². The van der Waals surface area contributed by atoms with Crippen molar-refractivity contribution in [2.24, 2.45) is 4.99 Å². The van der Waals surface area contributed by atoms with E-state index in [0.717, 1.165) is 68.8 Å². The highest BCUT2D eigenvalue weighted by Gasteiger charge is 2.19. The van der Waals surface area contributed by atoms with E-state index in [1.54, 1.807) is 18.4 Å². The van der Waals surface area contributed by atoms with Gasteiger partial charge >= 0.3 is 0 Å². The molecule has 1 fully saturated rings. The minimum Gasteiger partial charge on any atom is -0.385 e. The number of methoxy groups -OCH3 is 1. The van der Waals surface area contributed by atoms with Gasteiger partial charge in [-0.1, -0.05) is 0 Å². The van der Waals surface area contributed by atoms with Crippen LogP contribution in [0.4, 0.5) is 5.13 Å². The number of piperidine rings is 1. The molecule has 0 amide bonds. The van der Waals surface area contributed by atoms with E-state index in [9.17, 15) is 0 Å². The zero-order chi connectivity index (χ0) is 18.8. The standard InChI is InChI=1S/C18H34N6OS/c1-5-19-17(20-13-16-14-26-18(22-16)23(2)3)21-15-7-10-24(11-8-15)9-6-12-25-4/h14-15H,5-13H2,1-4H3,(H2,19,20,21). The largest absolute Gasteiger partial charge is 0.385 e. The second-order valence-corrected chi connectivity index (χ2v) is 7.65. The molecule has 7 nitrogen and oxygen atoms in total. The summed E-state index contributed by atoms with van der Waals surface area (Å²) >= 11 is 1.66. The Morgan fingerprint density at radius 2 is 2.19 bits per heavy atom. The predicted octanol–water partition coefficient (Wildman–Crippen LogP) is 1.77. The molecular formula is C18H34N6OS. The second-order valence-electron chi connectivity index (χ2n) is 6.82. The SMILES string of the molecule is CCNC(=NCc1csc(N(C)C)n1)NC1CCN(CCCOC)CC1. The van der Waals surface area contributed by atoms with Crippen LogP contribution in [-0.4, -0.2) is 75.9 Å². The molecule has 1 aliphatic heterocycles. The fraction of sp³-hybridized carbons (Fsp3) is 0.778. The van der Waals surface area contributed by atoms with Gasteiger partial charge in [-0.15, -0.1) is 11.3 Å². The molecule has 0 unspecified atom stereocenters. The monoisotopic (exact) mass is 382 g/mol. The van der Waals surface area contributed by atoms with Crippen molar-refractivity contribution in [3.05, 3.63) is 11.1 Å². The van der Waals surface area contributed by atoms with Gasteiger partial charge in [-0.3, -0.25) is 0 Å². The fourth-order valence-electron chi connectivity index (χ4n) is 2.98. The Balaban J connectivity index is 1.80. The summed E-state index contributed by atoms with van der Waals surface area (Å²) < 4.78 is 5.14. The number of aromatic nitrogens is 1. The van der Waals surface area contributed by atoms with Crippen LogP contribution in [0.2, 0.25) is 0 Å². The zero-order valence-corrected chi connectivity index (χ0v) is 17.4. The third kappa shape index (κ3) is 7.09. The summed E-state index contributed by atoms with van der Waals surface area (Å²) in [4.78, 5) is 13.9. The van der Waals surface area contributed by atoms with Gasteiger partial charge < -0.3 is 25.2 Å². The van der Waals surface area contributed by atoms with E-state index in [4.69, 9.17) is 9.73 Å². The first-order valence-corrected chi connectivity index (χ1v) is 10.4. The third-order valence-electron chi connectivity index (χ3n) is 4.42. The fourth-order valence-corrected chi connectivity index (χ4v) is 3.73. The van der Waals surface area contributed by atoms with Crippen LogP contribution >= 0.6 is 11.3 Å². The minimum atomic E-state index is 0.485. The number of hydrogen-bond acceptors (Lipinski definition) is 6. The van der Waals surface area contributed by atoms with Gasteiger partial charge in [0.2, 0.25) is 0 Å². The van der Waals surface area contributed by atoms with E-state index >= 15 is 0 Å². The van der Waals surface area contributed by atoms with Crippen molar-refractivity contribution in [2.75, 3.05) is 58.9 Å². The molecule has 2 rings (SSSR count). The number of likely N-dealkylation sites (tertiary alicyclic amines) is 1. The Morgan fingerprint density at radius 3 is 2.81 bits per heavy atom. The molecule has 1 aromatic heterocycles. The molecule has 0 saturated carbocycles. The van der Waals surface area contributed by atoms with Crippen molar-refractivity contribution in [1.29, 1.82) is 0 Å². The second kappa shape index (κ2) is 11.4. The summed E-state index contributed by atoms with van der Waals surface area (Å²) in [5, 5.41) is 10.1. The van der Waals surface area contributed by atoms with Crippen molar-refractivity contribution < 1.29 is 4.74 Å². The number of hydrogen-bond donors (Lipinski definition) is 2. The minimum absolute atomic E-state index is 0.485. The lowest BCUT2D eigenvalue weighted by Crippen LogP contribution is -2.48. The van der Waals surface area contributed by atoms with Crippen LogP contribution in [0, 0.1) is 0 Å². The molecular weight excluding hydrogens is 348 g/mol. The maximum absolute atomic E-state index is 5.14. The Bertz CT molecular complexity index is 540. The zero-order valence-electron chi connectivity index (χ0n) is 16.6. The number of thiazole rings is 1. The van der Waals surface area contributed by atoms with Gasteiger partial charge in [0.05, 0.1) is 12.2 Å². The molecule has 8 heteroatoms. The summed E-state index contributed by atoms with van der Waals surface area (Å²) in [6, 6.07) is 0.485. The number of guanidine groups is 1. The van der Waals surface area contributed by atoms with Crippen LogP contribution in [0.25, 0.3) is 0 Å². The van der Waals surface area contributed by atoms with E-state index in [1.807, 2.05) is 19.0 Å². The highest BCUT2D eigenvalue weighted by molar-refractivity contribution is 7.13. The Hall–Kier alpha value is -1.38. The van der Waals surface area contributed by atoms with Gasteiger partial charge in [0, 0.05) is 65.4 Å². The molecule has 1 saturated heterocycles. The molecule has 0 aliphatic carbocycles. The lowest BCUT2D eigenvalue weighted by Gasteiger charge is -2.33. The molecule has 148 valence electrons. The van der Waals surface area contributed by atoms with Crippen molar-refractivity contribution in [3.8, 4) is 0 Å². The first-order valence-electron chi connectivity index (χ1n) is 9.50. The summed E-state index contributed by atoms with van der Waals surface area (Å²) in [5.74, 6) is 0.893. The maximum Gasteiger partial charge on any atom is 0.191 e. The summed E-state index contributed by atoms with van der Waals surface area (Å²) in [5.41, 5.74) is 1.02. The molecule has 0 aromatic carbocycles. The predicted molar refractivity (Wildman–Crippen MR) is 110 cm³/mol. The van der Waals surface area contributed by atoms with Gasteiger partial charge in [-0.25, -0.2) is 9.98 Å². The first-order chi connectivity index (χ1) is 12.6. The first kappa shape index (κ1) is 20.9. The molecule has 0 bridgehead atoms. The van der Waals surface area contributed by atoms with E-state index in [2.05, 4.69) is 32.8 Å². The molecule has 2 heterocycles. The molecule has 1 aliphatic rings. The van der Waals surface area contributed by atoms with E-state index in [-0.39, 0.29) is 0 Å². The average Bonchev–Trinajstić information content (AvgIpc) is 3.11. The van der Waals surface area contributed by atoms with Crippen LogP contribution < -0.4 is 15.5 Å². The van der Waals surface area contributed by atoms with Gasteiger partial charge in [0.25, 0.3) is 0 Å². The van der Waals surface area contributed by atoms with Crippen LogP contribution in [-0.2, 0) is 11.3 Å². The van der Waals surface area contributed by atoms with Gasteiger partial charge in [-0.2, -0.15) is 0 Å². The Kier molecular flexibility index (Phi) is 9.14. The quantitative estimate of drug-likeness (QED) is 0.385. The summed E-state index contributed by atoms with van der Waals surface area (Å²) in [7, 11) is 5.79. The third-order valence-corrected chi connectivity index (χ3v) is 5.47. The molecule has 0 atom stereocenters. The molecule has 2 N–H and O–H groups in total. The van der Waals surface area contributed by atoms with Crippen molar-refractivity contribution in [3.63, 3.8) is 0 Å². The number of rotatable bonds is 9. The van der Waals surface area contributed by atoms with Crippen LogP contribution in [0.15, 0.2) is 10.4 Å².